The molecule has 0 heterocycles. The Morgan fingerprint density at radius 3 is 2.83 bits per heavy atom. The number of aromatic carboxylic acids is 1. The van der Waals surface area contributed by atoms with E-state index in [1.807, 2.05) is 0 Å². The zero-order chi connectivity index (χ0) is 13.5. The highest BCUT2D eigenvalue weighted by Crippen LogP contribution is 2.14. The molecule has 1 atom stereocenters. The lowest BCUT2D eigenvalue weighted by molar-refractivity contribution is 0.0615. The Balaban J connectivity index is 2.49. The lowest BCUT2D eigenvalue weighted by atomic mass is 10.2. The first-order valence-corrected chi connectivity index (χ1v) is 5.48. The van der Waals surface area contributed by atoms with E-state index in [1.54, 1.807) is 0 Å². The summed E-state index contributed by atoms with van der Waals surface area (Å²) in [5.74, 6) is -2.08. The molecule has 5 nitrogen and oxygen atoms in total. The number of carboxylic acids is 1. The SMILES string of the molecule is COCC(O)CCNc1ccc(C(=O)O)c(F)c1. The van der Waals surface area contributed by atoms with Gasteiger partial charge in [-0.3, -0.25) is 0 Å². The molecule has 1 aromatic rings. The molecule has 0 aliphatic carbocycles. The van der Waals surface area contributed by atoms with Crippen molar-refractivity contribution in [3.05, 3.63) is 29.6 Å². The number of aliphatic hydroxyl groups is 1. The predicted molar refractivity (Wildman–Crippen MR) is 64.3 cm³/mol. The predicted octanol–water partition coefficient (Wildman–Crippen LogP) is 1.33. The maximum Gasteiger partial charge on any atom is 0.338 e. The quantitative estimate of drug-likeness (QED) is 0.687. The van der Waals surface area contributed by atoms with Crippen molar-refractivity contribution in [1.29, 1.82) is 0 Å². The second kappa shape index (κ2) is 6.93. The average Bonchev–Trinajstić information content (AvgIpc) is 2.29. The van der Waals surface area contributed by atoms with Gasteiger partial charge in [-0.25, -0.2) is 9.18 Å². The molecule has 1 aromatic carbocycles. The number of hydrogen-bond acceptors (Lipinski definition) is 4. The summed E-state index contributed by atoms with van der Waals surface area (Å²) < 4.78 is 18.1. The van der Waals surface area contributed by atoms with Gasteiger partial charge in [0.2, 0.25) is 0 Å². The Morgan fingerprint density at radius 1 is 1.56 bits per heavy atom. The highest BCUT2D eigenvalue weighted by molar-refractivity contribution is 5.88. The van der Waals surface area contributed by atoms with Gasteiger partial charge in [0.25, 0.3) is 0 Å². The fraction of sp³-hybridized carbons (Fsp3) is 0.417. The van der Waals surface area contributed by atoms with Gasteiger partial charge in [0.15, 0.2) is 0 Å². The Kier molecular flexibility index (Phi) is 5.54. The molecule has 6 heteroatoms. The molecule has 0 bridgehead atoms. The summed E-state index contributed by atoms with van der Waals surface area (Å²) in [7, 11) is 1.50. The molecule has 0 spiro atoms. The second-order valence-electron chi connectivity index (χ2n) is 3.82. The number of hydrogen-bond donors (Lipinski definition) is 3. The Hall–Kier alpha value is -1.66. The number of ether oxygens (including phenoxy) is 1. The van der Waals surface area contributed by atoms with Gasteiger partial charge in [-0.2, -0.15) is 0 Å². The van der Waals surface area contributed by atoms with Gasteiger partial charge in [-0.15, -0.1) is 0 Å². The maximum absolute atomic E-state index is 13.3. The minimum Gasteiger partial charge on any atom is -0.478 e. The highest BCUT2D eigenvalue weighted by atomic mass is 19.1. The summed E-state index contributed by atoms with van der Waals surface area (Å²) in [6.45, 7) is 0.685. The van der Waals surface area contributed by atoms with E-state index in [0.29, 0.717) is 18.7 Å². The number of rotatable bonds is 7. The molecular weight excluding hydrogens is 241 g/mol. The Labute approximate surface area is 104 Å². The van der Waals surface area contributed by atoms with Gasteiger partial charge in [-0.1, -0.05) is 0 Å². The third kappa shape index (κ3) is 4.31. The number of nitrogens with one attached hydrogen (secondary N) is 1. The molecule has 0 fully saturated rings. The normalized spacial score (nSPS) is 12.2. The van der Waals surface area contributed by atoms with Crippen LogP contribution in [0.5, 0.6) is 0 Å². The van der Waals surface area contributed by atoms with Crippen molar-refractivity contribution in [3.8, 4) is 0 Å². The molecule has 0 aliphatic heterocycles. The van der Waals surface area contributed by atoms with E-state index in [1.165, 1.54) is 19.2 Å². The highest BCUT2D eigenvalue weighted by Gasteiger charge is 2.10. The van der Waals surface area contributed by atoms with E-state index in [2.05, 4.69) is 5.32 Å². The number of halogens is 1. The average molecular weight is 257 g/mol. The van der Waals surface area contributed by atoms with Crippen LogP contribution in [0.15, 0.2) is 18.2 Å². The Bertz CT molecular complexity index is 411. The lowest BCUT2D eigenvalue weighted by Crippen LogP contribution is -2.18. The molecule has 0 radical (unpaired) electrons. The van der Waals surface area contributed by atoms with Crippen molar-refractivity contribution < 1.29 is 24.1 Å². The number of aliphatic hydroxyl groups excluding tert-OH is 1. The van der Waals surface area contributed by atoms with E-state index >= 15 is 0 Å². The monoisotopic (exact) mass is 257 g/mol. The number of carboxylic acid groups (broad SMARTS) is 1. The van der Waals surface area contributed by atoms with Gasteiger partial charge in [0.1, 0.15) is 5.82 Å². The molecule has 0 saturated heterocycles. The van der Waals surface area contributed by atoms with Crippen molar-refractivity contribution in [1.82, 2.24) is 0 Å². The molecular formula is C12H16FNO4. The Morgan fingerprint density at radius 2 is 2.28 bits per heavy atom. The summed E-state index contributed by atoms with van der Waals surface area (Å²) in [6.07, 6.45) is -0.124. The van der Waals surface area contributed by atoms with E-state index in [9.17, 15) is 14.3 Å². The smallest absolute Gasteiger partial charge is 0.338 e. The van der Waals surface area contributed by atoms with Crippen LogP contribution in [-0.4, -0.2) is 42.5 Å². The zero-order valence-corrected chi connectivity index (χ0v) is 10.0. The number of methoxy groups -OCH3 is 1. The van der Waals surface area contributed by atoms with Crippen LogP contribution >= 0.6 is 0 Å². The van der Waals surface area contributed by atoms with Gasteiger partial charge in [-0.05, 0) is 24.6 Å². The topological polar surface area (TPSA) is 78.8 Å². The molecule has 18 heavy (non-hydrogen) atoms. The molecule has 100 valence electrons. The fourth-order valence-electron chi connectivity index (χ4n) is 1.46. The molecule has 0 amide bonds. The van der Waals surface area contributed by atoms with E-state index < -0.39 is 17.9 Å². The molecule has 1 unspecified atom stereocenters. The van der Waals surface area contributed by atoms with Crippen molar-refractivity contribution in [2.75, 3.05) is 25.6 Å². The third-order valence-corrected chi connectivity index (χ3v) is 2.37. The first kappa shape index (κ1) is 14.4. The fourth-order valence-corrected chi connectivity index (χ4v) is 1.46. The van der Waals surface area contributed by atoms with Crippen molar-refractivity contribution in [2.45, 2.75) is 12.5 Å². The summed E-state index contributed by atoms with van der Waals surface area (Å²) in [5.41, 5.74) is 0.113. The molecule has 0 aromatic heterocycles. The minimum atomic E-state index is -1.30. The van der Waals surface area contributed by atoms with Crippen LogP contribution in [0.4, 0.5) is 10.1 Å². The van der Waals surface area contributed by atoms with Crippen LogP contribution in [0, 0.1) is 5.82 Å². The van der Waals surface area contributed by atoms with Crippen molar-refractivity contribution in [3.63, 3.8) is 0 Å². The van der Waals surface area contributed by atoms with E-state index in [4.69, 9.17) is 9.84 Å². The van der Waals surface area contributed by atoms with Gasteiger partial charge < -0.3 is 20.3 Å². The summed E-state index contributed by atoms with van der Waals surface area (Å²) in [5, 5.41) is 20.9. The number of carbonyl (C=O) groups is 1. The first-order chi connectivity index (χ1) is 8.54. The lowest BCUT2D eigenvalue weighted by Gasteiger charge is -2.11. The van der Waals surface area contributed by atoms with Crippen LogP contribution in [0.1, 0.15) is 16.8 Å². The van der Waals surface area contributed by atoms with Crippen LogP contribution < -0.4 is 5.32 Å². The largest absolute Gasteiger partial charge is 0.478 e. The standard InChI is InChI=1S/C12H16FNO4/c1-18-7-9(15)4-5-14-8-2-3-10(12(16)17)11(13)6-8/h2-3,6,9,14-15H,4-5,7H2,1H3,(H,16,17). The van der Waals surface area contributed by atoms with Crippen LogP contribution in [0.3, 0.4) is 0 Å². The molecule has 0 saturated carbocycles. The molecule has 1 rings (SSSR count). The van der Waals surface area contributed by atoms with Crippen LogP contribution in [-0.2, 0) is 4.74 Å². The first-order valence-electron chi connectivity index (χ1n) is 5.48. The molecule has 0 aliphatic rings. The summed E-state index contributed by atoms with van der Waals surface area (Å²) in [4.78, 5) is 10.6. The van der Waals surface area contributed by atoms with E-state index in [-0.39, 0.29) is 12.2 Å². The van der Waals surface area contributed by atoms with E-state index in [0.717, 1.165) is 6.07 Å². The van der Waals surface area contributed by atoms with Crippen LogP contribution in [0.2, 0.25) is 0 Å². The maximum atomic E-state index is 13.3. The number of anilines is 1. The van der Waals surface area contributed by atoms with Gasteiger partial charge in [0, 0.05) is 19.3 Å². The van der Waals surface area contributed by atoms with Crippen LogP contribution in [0.25, 0.3) is 0 Å². The zero-order valence-electron chi connectivity index (χ0n) is 10.0. The number of benzene rings is 1. The van der Waals surface area contributed by atoms with Gasteiger partial charge in [0.05, 0.1) is 18.3 Å². The summed E-state index contributed by atoms with van der Waals surface area (Å²) in [6, 6.07) is 3.80. The minimum absolute atomic E-state index is 0.244. The van der Waals surface area contributed by atoms with Crippen molar-refractivity contribution >= 4 is 11.7 Å². The second-order valence-corrected chi connectivity index (χ2v) is 3.82. The summed E-state index contributed by atoms with van der Waals surface area (Å²) >= 11 is 0. The molecule has 3 N–H and O–H groups in total. The third-order valence-electron chi connectivity index (χ3n) is 2.37. The van der Waals surface area contributed by atoms with Crippen molar-refractivity contribution in [2.24, 2.45) is 0 Å². The van der Waals surface area contributed by atoms with Gasteiger partial charge >= 0.3 is 5.97 Å².